The molecule has 3 aromatic rings. The van der Waals surface area contributed by atoms with Crippen LogP contribution in [0.5, 0.6) is 11.5 Å². The van der Waals surface area contributed by atoms with Crippen LogP contribution in [0.3, 0.4) is 0 Å². The van der Waals surface area contributed by atoms with E-state index in [2.05, 4.69) is 17.2 Å². The first-order chi connectivity index (χ1) is 13.2. The number of hydrogen-bond donors (Lipinski definition) is 1. The number of nitrogens with one attached hydrogen (secondary N) is 1. The fourth-order valence-corrected chi connectivity index (χ4v) is 3.48. The molecule has 0 aliphatic heterocycles. The highest BCUT2D eigenvalue weighted by atomic mass is 32.1. The van der Waals surface area contributed by atoms with E-state index in [9.17, 15) is 4.79 Å². The van der Waals surface area contributed by atoms with E-state index < -0.39 is 0 Å². The number of para-hydroxylation sites is 1. The molecule has 0 spiro atoms. The summed E-state index contributed by atoms with van der Waals surface area (Å²) >= 11 is 1.45. The Morgan fingerprint density at radius 2 is 1.85 bits per heavy atom. The van der Waals surface area contributed by atoms with Crippen LogP contribution in [0.1, 0.15) is 32.6 Å². The smallest absolute Gasteiger partial charge is 0.264 e. The van der Waals surface area contributed by atoms with E-state index in [-0.39, 0.29) is 12.5 Å². The van der Waals surface area contributed by atoms with E-state index in [4.69, 9.17) is 9.47 Å². The Hall–Kier alpha value is -2.60. The number of carbonyl (C=O) groups excluding carboxylic acids is 1. The molecule has 0 atom stereocenters. The van der Waals surface area contributed by atoms with Gasteiger partial charge < -0.3 is 9.47 Å². The van der Waals surface area contributed by atoms with Crippen LogP contribution in [-0.4, -0.2) is 24.1 Å². The number of rotatable bonds is 10. The highest BCUT2D eigenvalue weighted by Crippen LogP contribution is 2.25. The Labute approximate surface area is 163 Å². The largest absolute Gasteiger partial charge is 0.493 e. The van der Waals surface area contributed by atoms with Crippen LogP contribution < -0.4 is 14.8 Å². The zero-order chi connectivity index (χ0) is 18.9. The van der Waals surface area contributed by atoms with Gasteiger partial charge in [-0.25, -0.2) is 4.98 Å². The molecule has 1 heterocycles. The molecule has 0 radical (unpaired) electrons. The van der Waals surface area contributed by atoms with Crippen molar-refractivity contribution < 1.29 is 14.3 Å². The molecule has 0 aliphatic rings. The molecule has 27 heavy (non-hydrogen) atoms. The zero-order valence-electron chi connectivity index (χ0n) is 15.4. The molecule has 1 N–H and O–H groups in total. The maximum atomic E-state index is 12.1. The Morgan fingerprint density at radius 3 is 2.67 bits per heavy atom. The summed E-state index contributed by atoms with van der Waals surface area (Å²) in [5.74, 6) is 1.14. The van der Waals surface area contributed by atoms with Gasteiger partial charge in [-0.15, -0.1) is 0 Å². The van der Waals surface area contributed by atoms with Crippen LogP contribution >= 0.6 is 11.3 Å². The third kappa shape index (κ3) is 5.96. The van der Waals surface area contributed by atoms with Crippen molar-refractivity contribution in [3.05, 3.63) is 48.5 Å². The molecule has 0 unspecified atom stereocenters. The van der Waals surface area contributed by atoms with Gasteiger partial charge >= 0.3 is 0 Å². The van der Waals surface area contributed by atoms with Gasteiger partial charge in [0.25, 0.3) is 5.91 Å². The fraction of sp³-hybridized carbons (Fsp3) is 0.333. The molecule has 5 nitrogen and oxygen atoms in total. The first-order valence-electron chi connectivity index (χ1n) is 9.25. The fourth-order valence-electron chi connectivity index (χ4n) is 2.60. The van der Waals surface area contributed by atoms with E-state index in [0.717, 1.165) is 22.4 Å². The minimum atomic E-state index is -0.236. The molecule has 6 heteroatoms. The highest BCUT2D eigenvalue weighted by molar-refractivity contribution is 7.22. The average molecular weight is 385 g/mol. The van der Waals surface area contributed by atoms with E-state index in [0.29, 0.717) is 17.5 Å². The summed E-state index contributed by atoms with van der Waals surface area (Å²) in [4.78, 5) is 16.5. The predicted octanol–water partition coefficient (Wildman–Crippen LogP) is 5.27. The lowest BCUT2D eigenvalue weighted by molar-refractivity contribution is -0.118. The van der Waals surface area contributed by atoms with Crippen molar-refractivity contribution in [2.24, 2.45) is 0 Å². The van der Waals surface area contributed by atoms with Crippen molar-refractivity contribution in [3.63, 3.8) is 0 Å². The molecule has 3 rings (SSSR count). The van der Waals surface area contributed by atoms with E-state index in [1.54, 1.807) is 0 Å². The summed E-state index contributed by atoms with van der Waals surface area (Å²) in [5.41, 5.74) is 0.877. The second-order valence-corrected chi connectivity index (χ2v) is 7.24. The number of amides is 1. The van der Waals surface area contributed by atoms with Crippen molar-refractivity contribution in [1.29, 1.82) is 0 Å². The number of thiazole rings is 1. The second kappa shape index (κ2) is 9.92. The number of benzene rings is 2. The van der Waals surface area contributed by atoms with Crippen LogP contribution in [0.4, 0.5) is 5.13 Å². The van der Waals surface area contributed by atoms with Crippen molar-refractivity contribution >= 4 is 32.6 Å². The van der Waals surface area contributed by atoms with Crippen molar-refractivity contribution in [2.75, 3.05) is 18.5 Å². The summed E-state index contributed by atoms with van der Waals surface area (Å²) in [6.07, 6.45) is 4.67. The first-order valence-corrected chi connectivity index (χ1v) is 10.1. The summed E-state index contributed by atoms with van der Waals surface area (Å²) < 4.78 is 12.4. The maximum absolute atomic E-state index is 12.1. The molecule has 1 amide bonds. The zero-order valence-corrected chi connectivity index (χ0v) is 16.3. The van der Waals surface area contributed by atoms with Crippen molar-refractivity contribution in [3.8, 4) is 11.5 Å². The average Bonchev–Trinajstić information content (AvgIpc) is 3.09. The van der Waals surface area contributed by atoms with Gasteiger partial charge in [-0.1, -0.05) is 55.7 Å². The normalized spacial score (nSPS) is 10.7. The molecule has 0 saturated heterocycles. The lowest BCUT2D eigenvalue weighted by Crippen LogP contribution is -2.20. The Kier molecular flexibility index (Phi) is 7.04. The number of fused-ring (bicyclic) bond motifs is 1. The van der Waals surface area contributed by atoms with Gasteiger partial charge in [-0.2, -0.15) is 0 Å². The molecule has 0 aliphatic carbocycles. The third-order valence-corrected chi connectivity index (χ3v) is 4.93. The van der Waals surface area contributed by atoms with Crippen LogP contribution in [0.2, 0.25) is 0 Å². The van der Waals surface area contributed by atoms with Gasteiger partial charge in [0.2, 0.25) is 0 Å². The Morgan fingerprint density at radius 1 is 1.04 bits per heavy atom. The molecular formula is C21H24N2O3S. The lowest BCUT2D eigenvalue weighted by Gasteiger charge is -2.09. The topological polar surface area (TPSA) is 60.5 Å². The predicted molar refractivity (Wildman–Crippen MR) is 110 cm³/mol. The summed E-state index contributed by atoms with van der Waals surface area (Å²) in [6, 6.07) is 15.2. The minimum Gasteiger partial charge on any atom is -0.493 e. The number of aromatic nitrogens is 1. The molecule has 0 fully saturated rings. The number of carbonyl (C=O) groups is 1. The third-order valence-electron chi connectivity index (χ3n) is 3.98. The number of anilines is 1. The number of nitrogens with zero attached hydrogens (tertiary/aromatic N) is 1. The van der Waals surface area contributed by atoms with E-state index in [1.165, 1.54) is 30.6 Å². The number of ether oxygens (including phenoxy) is 2. The SMILES string of the molecule is CCCCCCOc1cccc(OCC(=O)Nc2nc3ccccc3s2)c1. The molecule has 0 bridgehead atoms. The van der Waals surface area contributed by atoms with Crippen LogP contribution in [0.25, 0.3) is 10.2 Å². The van der Waals surface area contributed by atoms with Gasteiger partial charge in [-0.3, -0.25) is 10.1 Å². The van der Waals surface area contributed by atoms with Gasteiger partial charge in [0.15, 0.2) is 11.7 Å². The maximum Gasteiger partial charge on any atom is 0.264 e. The Balaban J connectivity index is 1.46. The van der Waals surface area contributed by atoms with E-state index in [1.807, 2.05) is 48.5 Å². The van der Waals surface area contributed by atoms with Crippen LogP contribution in [0.15, 0.2) is 48.5 Å². The monoisotopic (exact) mass is 384 g/mol. The summed E-state index contributed by atoms with van der Waals surface area (Å²) in [7, 11) is 0. The summed E-state index contributed by atoms with van der Waals surface area (Å²) in [6.45, 7) is 2.81. The van der Waals surface area contributed by atoms with Crippen LogP contribution in [0, 0.1) is 0 Å². The van der Waals surface area contributed by atoms with Crippen molar-refractivity contribution in [1.82, 2.24) is 4.98 Å². The molecule has 0 saturated carbocycles. The van der Waals surface area contributed by atoms with Gasteiger partial charge in [-0.05, 0) is 30.7 Å². The lowest BCUT2D eigenvalue weighted by atomic mass is 10.2. The standard InChI is InChI=1S/C21H24N2O3S/c1-2-3-4-7-13-25-16-9-8-10-17(14-16)26-15-20(24)23-21-22-18-11-5-6-12-19(18)27-21/h5-6,8-12,14H,2-4,7,13,15H2,1H3,(H,22,23,24). The Bertz CT molecular complexity index is 845. The van der Waals surface area contributed by atoms with Gasteiger partial charge in [0.05, 0.1) is 16.8 Å². The first kappa shape index (κ1) is 19.2. The van der Waals surface area contributed by atoms with Gasteiger partial charge in [0, 0.05) is 6.07 Å². The number of unbranched alkanes of at least 4 members (excludes halogenated alkanes) is 3. The van der Waals surface area contributed by atoms with Crippen LogP contribution in [-0.2, 0) is 4.79 Å². The van der Waals surface area contributed by atoms with E-state index >= 15 is 0 Å². The molecule has 1 aromatic heterocycles. The van der Waals surface area contributed by atoms with Crippen molar-refractivity contribution in [2.45, 2.75) is 32.6 Å². The minimum absolute atomic E-state index is 0.0735. The van der Waals surface area contributed by atoms with Gasteiger partial charge in [0.1, 0.15) is 11.5 Å². The summed E-state index contributed by atoms with van der Waals surface area (Å²) in [5, 5.41) is 3.36. The quantitative estimate of drug-likeness (QED) is 0.484. The highest BCUT2D eigenvalue weighted by Gasteiger charge is 2.08. The molecule has 142 valence electrons. The second-order valence-electron chi connectivity index (χ2n) is 6.21. The number of hydrogen-bond acceptors (Lipinski definition) is 5. The molecular weight excluding hydrogens is 360 g/mol. The molecule has 2 aromatic carbocycles.